The first-order chi connectivity index (χ1) is 11.7. The zero-order valence-corrected chi connectivity index (χ0v) is 13.7. The molecule has 0 amide bonds. The molecule has 0 aliphatic carbocycles. The lowest BCUT2D eigenvalue weighted by Crippen LogP contribution is -1.92. The summed E-state index contributed by atoms with van der Waals surface area (Å²) in [5.41, 5.74) is 1.98. The van der Waals surface area contributed by atoms with Gasteiger partial charge in [0.05, 0.1) is 14.2 Å². The van der Waals surface area contributed by atoms with Crippen molar-refractivity contribution in [1.82, 2.24) is 0 Å². The van der Waals surface area contributed by atoms with Crippen LogP contribution in [0, 0.1) is 0 Å². The van der Waals surface area contributed by atoms with Crippen LogP contribution in [0.5, 0.6) is 0 Å². The van der Waals surface area contributed by atoms with Gasteiger partial charge in [-0.05, 0) is 23.3 Å². The number of esters is 2. The van der Waals surface area contributed by atoms with Gasteiger partial charge in [-0.2, -0.15) is 0 Å². The van der Waals surface area contributed by atoms with E-state index in [0.717, 1.165) is 11.1 Å². The van der Waals surface area contributed by atoms with Crippen molar-refractivity contribution in [2.45, 2.75) is 0 Å². The molecule has 0 radical (unpaired) electrons. The van der Waals surface area contributed by atoms with E-state index in [0.29, 0.717) is 0 Å². The lowest BCUT2D eigenvalue weighted by Gasteiger charge is -1.91. The van der Waals surface area contributed by atoms with Gasteiger partial charge in [-0.25, -0.2) is 9.59 Å². The third-order valence-electron chi connectivity index (χ3n) is 2.83. The zero-order chi connectivity index (χ0) is 17.6. The zero-order valence-electron chi connectivity index (χ0n) is 13.7. The lowest BCUT2D eigenvalue weighted by molar-refractivity contribution is -0.135. The van der Waals surface area contributed by atoms with Gasteiger partial charge in [0.25, 0.3) is 0 Å². The van der Waals surface area contributed by atoms with Gasteiger partial charge in [0.15, 0.2) is 0 Å². The molecule has 124 valence electrons. The maximum absolute atomic E-state index is 10.7. The second kappa shape index (κ2) is 11.4. The van der Waals surface area contributed by atoms with E-state index in [1.165, 1.54) is 26.4 Å². The molecule has 0 saturated carbocycles. The highest BCUT2D eigenvalue weighted by Crippen LogP contribution is 2.01. The largest absolute Gasteiger partial charge is 0.466 e. The van der Waals surface area contributed by atoms with Crippen molar-refractivity contribution < 1.29 is 19.1 Å². The van der Waals surface area contributed by atoms with Crippen LogP contribution >= 0.6 is 0 Å². The first-order valence-corrected chi connectivity index (χ1v) is 7.28. The molecule has 0 bridgehead atoms. The van der Waals surface area contributed by atoms with E-state index in [2.05, 4.69) is 9.47 Å². The second-order valence-electron chi connectivity index (χ2n) is 4.53. The van der Waals surface area contributed by atoms with Gasteiger partial charge < -0.3 is 9.47 Å². The molecular formula is C20H20O4. The van der Waals surface area contributed by atoms with Gasteiger partial charge in [0.2, 0.25) is 0 Å². The smallest absolute Gasteiger partial charge is 0.330 e. The Hall–Kier alpha value is -3.14. The van der Waals surface area contributed by atoms with E-state index in [4.69, 9.17) is 0 Å². The van der Waals surface area contributed by atoms with Crippen molar-refractivity contribution >= 4 is 24.1 Å². The maximum atomic E-state index is 10.7. The van der Waals surface area contributed by atoms with E-state index in [1.54, 1.807) is 12.2 Å². The molecule has 0 N–H and O–H groups in total. The molecule has 0 aliphatic rings. The number of hydrogen-bond acceptors (Lipinski definition) is 4. The lowest BCUT2D eigenvalue weighted by atomic mass is 10.2. The number of methoxy groups -OCH3 is 2. The highest BCUT2D eigenvalue weighted by atomic mass is 16.5. The fourth-order valence-corrected chi connectivity index (χ4v) is 1.59. The van der Waals surface area contributed by atoms with Crippen LogP contribution < -0.4 is 0 Å². The van der Waals surface area contributed by atoms with Gasteiger partial charge in [-0.3, -0.25) is 0 Å². The van der Waals surface area contributed by atoms with Crippen molar-refractivity contribution in [2.75, 3.05) is 14.2 Å². The normalized spacial score (nSPS) is 10.1. The van der Waals surface area contributed by atoms with Crippen LogP contribution in [-0.4, -0.2) is 26.2 Å². The molecule has 0 heterocycles. The van der Waals surface area contributed by atoms with E-state index in [-0.39, 0.29) is 11.9 Å². The van der Waals surface area contributed by atoms with E-state index in [1.807, 2.05) is 60.7 Å². The predicted octanol–water partition coefficient (Wildman–Crippen LogP) is 3.75. The third kappa shape index (κ3) is 8.34. The molecule has 0 spiro atoms. The van der Waals surface area contributed by atoms with Crippen LogP contribution in [-0.2, 0) is 19.1 Å². The average molecular weight is 324 g/mol. The summed E-state index contributed by atoms with van der Waals surface area (Å²) in [6.45, 7) is 0. The van der Waals surface area contributed by atoms with Gasteiger partial charge in [-0.1, -0.05) is 60.7 Å². The van der Waals surface area contributed by atoms with E-state index in [9.17, 15) is 9.59 Å². The van der Waals surface area contributed by atoms with Crippen molar-refractivity contribution in [1.29, 1.82) is 0 Å². The van der Waals surface area contributed by atoms with Gasteiger partial charge in [-0.15, -0.1) is 0 Å². The fourth-order valence-electron chi connectivity index (χ4n) is 1.59. The Balaban J connectivity index is 0.000000240. The van der Waals surface area contributed by atoms with Gasteiger partial charge in [0, 0.05) is 12.2 Å². The highest BCUT2D eigenvalue weighted by Gasteiger charge is 1.90. The van der Waals surface area contributed by atoms with Crippen LogP contribution in [0.3, 0.4) is 0 Å². The summed E-state index contributed by atoms with van der Waals surface area (Å²) < 4.78 is 8.89. The molecule has 0 unspecified atom stereocenters. The first-order valence-electron chi connectivity index (χ1n) is 7.28. The third-order valence-corrected chi connectivity index (χ3v) is 2.83. The van der Waals surface area contributed by atoms with Crippen molar-refractivity contribution in [3.05, 3.63) is 83.9 Å². The standard InChI is InChI=1S/2C10H10O2/c2*1-12-10(11)8-7-9-5-3-2-4-6-9/h2*2-8H,1H3/b8-7+;8-7-. The molecule has 24 heavy (non-hydrogen) atoms. The summed E-state index contributed by atoms with van der Waals surface area (Å²) >= 11 is 0. The Labute approximate surface area is 142 Å². The molecule has 0 aromatic heterocycles. The Bertz CT molecular complexity index is 612. The molecule has 4 heteroatoms. The van der Waals surface area contributed by atoms with Crippen molar-refractivity contribution in [3.63, 3.8) is 0 Å². The van der Waals surface area contributed by atoms with E-state index < -0.39 is 0 Å². The molecule has 0 fully saturated rings. The highest BCUT2D eigenvalue weighted by molar-refractivity contribution is 5.87. The molecule has 0 saturated heterocycles. The van der Waals surface area contributed by atoms with Crippen LogP contribution in [0.1, 0.15) is 11.1 Å². The van der Waals surface area contributed by atoms with Crippen LogP contribution in [0.25, 0.3) is 12.2 Å². The summed E-state index contributed by atoms with van der Waals surface area (Å²) in [6.07, 6.45) is 6.22. The number of carbonyl (C=O) groups excluding carboxylic acids is 2. The Morgan fingerprint density at radius 2 is 1.00 bits per heavy atom. The minimum Gasteiger partial charge on any atom is -0.466 e. The van der Waals surface area contributed by atoms with Crippen LogP contribution in [0.2, 0.25) is 0 Å². The minimum atomic E-state index is -0.334. The van der Waals surface area contributed by atoms with Gasteiger partial charge in [0.1, 0.15) is 0 Å². The predicted molar refractivity (Wildman–Crippen MR) is 95.0 cm³/mol. The van der Waals surface area contributed by atoms with E-state index >= 15 is 0 Å². The SMILES string of the molecule is COC(=O)/C=C/c1ccccc1.COC(=O)/C=C\c1ccccc1. The number of carbonyl (C=O) groups is 2. The Kier molecular flexibility index (Phi) is 9.01. The topological polar surface area (TPSA) is 52.6 Å². The van der Waals surface area contributed by atoms with Crippen LogP contribution in [0.15, 0.2) is 72.8 Å². The summed E-state index contributed by atoms with van der Waals surface area (Å²) in [7, 11) is 2.72. The molecule has 0 aliphatic heterocycles. The van der Waals surface area contributed by atoms with Crippen LogP contribution in [0.4, 0.5) is 0 Å². The monoisotopic (exact) mass is 324 g/mol. The first kappa shape index (κ1) is 18.9. The Morgan fingerprint density at radius 1 is 0.667 bits per heavy atom. The molecule has 4 nitrogen and oxygen atoms in total. The number of benzene rings is 2. The molecule has 2 rings (SSSR count). The fraction of sp³-hybridized carbons (Fsp3) is 0.100. The summed E-state index contributed by atoms with van der Waals surface area (Å²) in [5.74, 6) is -0.669. The van der Waals surface area contributed by atoms with Crippen molar-refractivity contribution in [2.24, 2.45) is 0 Å². The summed E-state index contributed by atoms with van der Waals surface area (Å²) in [6, 6.07) is 19.2. The molecule has 0 atom stereocenters. The maximum Gasteiger partial charge on any atom is 0.330 e. The average Bonchev–Trinajstić information content (AvgIpc) is 2.66. The number of ether oxygens (including phenoxy) is 2. The molecule has 2 aromatic carbocycles. The second-order valence-corrected chi connectivity index (χ2v) is 4.53. The van der Waals surface area contributed by atoms with Gasteiger partial charge >= 0.3 is 11.9 Å². The van der Waals surface area contributed by atoms with Crippen molar-refractivity contribution in [3.8, 4) is 0 Å². The number of hydrogen-bond donors (Lipinski definition) is 0. The quantitative estimate of drug-likeness (QED) is 0.635. The Morgan fingerprint density at radius 3 is 1.29 bits per heavy atom. The summed E-state index contributed by atoms with van der Waals surface area (Å²) in [5, 5.41) is 0. The number of rotatable bonds is 4. The molecule has 2 aromatic rings. The molecular weight excluding hydrogens is 304 g/mol. The minimum absolute atomic E-state index is 0.334. The summed E-state index contributed by atoms with van der Waals surface area (Å²) in [4.78, 5) is 21.4.